The number of nitrogens with one attached hydrogen (secondary N) is 1. The molecular formula is C27H32ClN3O6. The van der Waals surface area contributed by atoms with Gasteiger partial charge >= 0.3 is 11.9 Å². The number of non-ortho nitro benzene ring substituents is 1. The van der Waals surface area contributed by atoms with Crippen LogP contribution in [0.5, 0.6) is 0 Å². The largest absolute Gasteiger partial charge is 0.481 e. The normalized spacial score (nSPS) is 24.9. The van der Waals surface area contributed by atoms with Crippen molar-refractivity contribution in [1.29, 1.82) is 0 Å². The number of benzene rings is 2. The number of halogens is 1. The second-order valence-electron chi connectivity index (χ2n) is 10.1. The Morgan fingerprint density at radius 1 is 1.14 bits per heavy atom. The van der Waals surface area contributed by atoms with Crippen LogP contribution in [0, 0.1) is 22.0 Å². The summed E-state index contributed by atoms with van der Waals surface area (Å²) in [5.41, 5.74) is -1.00. The molecule has 2 aliphatic rings. The van der Waals surface area contributed by atoms with Crippen molar-refractivity contribution in [1.82, 2.24) is 10.2 Å². The zero-order chi connectivity index (χ0) is 26.3. The number of carbonyl (C=O) groups is 2. The first kappa shape index (κ1) is 28.1. The van der Waals surface area contributed by atoms with Crippen molar-refractivity contribution in [2.24, 2.45) is 11.8 Å². The molecule has 0 saturated carbocycles. The zero-order valence-electron chi connectivity index (χ0n) is 21.0. The first-order valence-electron chi connectivity index (χ1n) is 12.0. The molecule has 0 aromatic heterocycles. The van der Waals surface area contributed by atoms with E-state index >= 15 is 0 Å². The lowest BCUT2D eigenvalue weighted by Gasteiger charge is -2.58. The highest BCUT2D eigenvalue weighted by Gasteiger charge is 2.64. The molecule has 9 nitrogen and oxygen atoms in total. The number of nitro benzene ring substituents is 1. The maximum atomic E-state index is 13.2. The average Bonchev–Trinajstić information content (AvgIpc) is 3.36. The Kier molecular flexibility index (Phi) is 8.00. The molecule has 0 radical (unpaired) electrons. The molecule has 4 rings (SSSR count). The maximum Gasteiger partial charge on any atom is 0.334 e. The van der Waals surface area contributed by atoms with E-state index in [0.717, 1.165) is 5.56 Å². The van der Waals surface area contributed by atoms with E-state index in [-0.39, 0.29) is 29.6 Å². The molecule has 37 heavy (non-hydrogen) atoms. The molecule has 0 bridgehead atoms. The molecule has 2 aliphatic heterocycles. The minimum absolute atomic E-state index is 0. The van der Waals surface area contributed by atoms with Gasteiger partial charge in [0.25, 0.3) is 5.69 Å². The highest BCUT2D eigenvalue weighted by molar-refractivity contribution is 5.94. The minimum Gasteiger partial charge on any atom is -0.481 e. The first-order chi connectivity index (χ1) is 17.0. The lowest BCUT2D eigenvalue weighted by Crippen LogP contribution is -2.66. The lowest BCUT2D eigenvalue weighted by molar-refractivity contribution is -0.385. The van der Waals surface area contributed by atoms with Crippen LogP contribution in [0.2, 0.25) is 0 Å². The van der Waals surface area contributed by atoms with Gasteiger partial charge in [0.05, 0.1) is 16.4 Å². The van der Waals surface area contributed by atoms with Crippen molar-refractivity contribution in [2.45, 2.75) is 44.7 Å². The fraction of sp³-hybridized carbons (Fsp3) is 0.407. The predicted molar refractivity (Wildman–Crippen MR) is 141 cm³/mol. The van der Waals surface area contributed by atoms with Crippen molar-refractivity contribution in [3.05, 3.63) is 87.1 Å². The van der Waals surface area contributed by atoms with Crippen molar-refractivity contribution < 1.29 is 24.7 Å². The molecule has 3 atom stereocenters. The monoisotopic (exact) mass is 529 g/mol. The van der Waals surface area contributed by atoms with Crippen LogP contribution in [-0.4, -0.2) is 50.6 Å². The third kappa shape index (κ3) is 4.57. The molecule has 198 valence electrons. The minimum atomic E-state index is -1.49. The fourth-order valence-corrected chi connectivity index (χ4v) is 6.55. The van der Waals surface area contributed by atoms with Gasteiger partial charge in [-0.2, -0.15) is 0 Å². The van der Waals surface area contributed by atoms with E-state index in [4.69, 9.17) is 0 Å². The first-order valence-corrected chi connectivity index (χ1v) is 12.0. The Balaban J connectivity index is 0.00000380. The molecule has 1 unspecified atom stereocenters. The number of rotatable bonds is 7. The van der Waals surface area contributed by atoms with E-state index in [9.17, 15) is 29.9 Å². The summed E-state index contributed by atoms with van der Waals surface area (Å²) in [6.07, 6.45) is 0.547. The van der Waals surface area contributed by atoms with Gasteiger partial charge in [0.2, 0.25) is 0 Å². The Bertz CT molecular complexity index is 1230. The van der Waals surface area contributed by atoms with Crippen LogP contribution in [0.25, 0.3) is 0 Å². The second-order valence-corrected chi connectivity index (χ2v) is 10.1. The number of hydrogen-bond donors (Lipinski definition) is 3. The summed E-state index contributed by atoms with van der Waals surface area (Å²) < 4.78 is 0. The van der Waals surface area contributed by atoms with Crippen LogP contribution in [0.15, 0.2) is 65.9 Å². The molecule has 0 spiro atoms. The molecule has 10 heteroatoms. The smallest absolute Gasteiger partial charge is 0.334 e. The van der Waals surface area contributed by atoms with Crippen molar-refractivity contribution in [3.63, 3.8) is 0 Å². The molecule has 0 aliphatic carbocycles. The Labute approximate surface area is 221 Å². The number of nitrogens with zero attached hydrogens (tertiary/aromatic N) is 2. The Morgan fingerprint density at radius 3 is 2.35 bits per heavy atom. The van der Waals surface area contributed by atoms with Crippen LogP contribution < -0.4 is 5.32 Å². The number of carboxylic acid groups (broad SMARTS) is 2. The second kappa shape index (κ2) is 10.5. The van der Waals surface area contributed by atoms with Crippen LogP contribution in [0.3, 0.4) is 0 Å². The Hall–Kier alpha value is -3.43. The number of allylic oxidation sites excluding steroid dienone is 1. The van der Waals surface area contributed by atoms with Gasteiger partial charge in [0, 0.05) is 35.3 Å². The summed E-state index contributed by atoms with van der Waals surface area (Å²) in [5.74, 6) is -3.94. The van der Waals surface area contributed by atoms with Gasteiger partial charge in [-0.15, -0.1) is 12.4 Å². The quantitative estimate of drug-likeness (QED) is 0.358. The number of hydrogen-bond acceptors (Lipinski definition) is 6. The summed E-state index contributed by atoms with van der Waals surface area (Å²) >= 11 is 0. The molecule has 2 aromatic rings. The molecule has 1 saturated heterocycles. The van der Waals surface area contributed by atoms with E-state index in [1.54, 1.807) is 13.0 Å². The van der Waals surface area contributed by atoms with Gasteiger partial charge < -0.3 is 20.4 Å². The van der Waals surface area contributed by atoms with Crippen LogP contribution in [-0.2, 0) is 21.5 Å². The summed E-state index contributed by atoms with van der Waals surface area (Å²) in [5, 5.41) is 36.4. The van der Waals surface area contributed by atoms with Crippen molar-refractivity contribution in [3.8, 4) is 0 Å². The number of aliphatic carboxylic acids is 2. The molecule has 0 amide bonds. The zero-order valence-corrected chi connectivity index (χ0v) is 21.8. The summed E-state index contributed by atoms with van der Waals surface area (Å²) in [7, 11) is 0. The predicted octanol–water partition coefficient (Wildman–Crippen LogP) is 4.22. The summed E-state index contributed by atoms with van der Waals surface area (Å²) in [6.45, 7) is 6.71. The standard InChI is InChI=1S/C27H31N3O6.ClH/c1-17-22(24(31)32)27(20-12-13-28-15-20,19-10-7-11-21(14-19)30(35)36)23(25(33)34)26(2,3)29(17)16-18-8-5-4-6-9-18;/h4-11,14,20,23,28H,12-13,15-16H2,1-3H3,(H,31,32)(H,33,34);1H/t20?,23-,27-;/m1./s1. The van der Waals surface area contributed by atoms with Crippen LogP contribution in [0.4, 0.5) is 5.69 Å². The average molecular weight is 530 g/mol. The lowest BCUT2D eigenvalue weighted by atomic mass is 9.51. The van der Waals surface area contributed by atoms with Crippen LogP contribution in [0.1, 0.15) is 38.3 Å². The molecule has 3 N–H and O–H groups in total. The fourth-order valence-electron chi connectivity index (χ4n) is 6.55. The van der Waals surface area contributed by atoms with Gasteiger partial charge in [-0.25, -0.2) is 4.79 Å². The van der Waals surface area contributed by atoms with E-state index < -0.39 is 33.7 Å². The number of nitro groups is 1. The van der Waals surface area contributed by atoms with E-state index in [0.29, 0.717) is 37.3 Å². The number of carboxylic acids is 2. The highest BCUT2D eigenvalue weighted by atomic mass is 35.5. The van der Waals surface area contributed by atoms with Gasteiger partial charge in [0.15, 0.2) is 0 Å². The molecule has 1 fully saturated rings. The van der Waals surface area contributed by atoms with Gasteiger partial charge in [-0.3, -0.25) is 14.9 Å². The van der Waals surface area contributed by atoms with E-state index in [2.05, 4.69) is 5.32 Å². The third-order valence-corrected chi connectivity index (χ3v) is 7.92. The van der Waals surface area contributed by atoms with Crippen molar-refractivity contribution >= 4 is 30.0 Å². The molecule has 2 heterocycles. The summed E-state index contributed by atoms with van der Waals surface area (Å²) in [4.78, 5) is 39.3. The van der Waals surface area contributed by atoms with Gasteiger partial charge in [0.1, 0.15) is 0 Å². The Morgan fingerprint density at radius 2 is 1.81 bits per heavy atom. The van der Waals surface area contributed by atoms with Crippen LogP contribution >= 0.6 is 12.4 Å². The topological polar surface area (TPSA) is 133 Å². The highest BCUT2D eigenvalue weighted by Crippen LogP contribution is 2.58. The van der Waals surface area contributed by atoms with Gasteiger partial charge in [-0.05, 0) is 57.3 Å². The third-order valence-electron chi connectivity index (χ3n) is 7.92. The summed E-state index contributed by atoms with van der Waals surface area (Å²) in [6, 6.07) is 15.3. The SMILES string of the molecule is CC1=C(C(=O)O)[C@@](c2cccc([N+](=O)[O-])c2)(C2CCNC2)[C@H](C(=O)O)C(C)(C)N1Cc1ccccc1.Cl. The maximum absolute atomic E-state index is 13.2. The van der Waals surface area contributed by atoms with Crippen molar-refractivity contribution in [2.75, 3.05) is 13.1 Å². The molecule has 2 aromatic carbocycles. The molecular weight excluding hydrogens is 498 g/mol. The van der Waals surface area contributed by atoms with E-state index in [1.165, 1.54) is 18.2 Å². The van der Waals surface area contributed by atoms with Gasteiger partial charge in [-0.1, -0.05) is 42.5 Å². The van der Waals surface area contributed by atoms with E-state index in [1.807, 2.05) is 49.1 Å².